The third-order valence-corrected chi connectivity index (χ3v) is 2.82. The Hall–Kier alpha value is -1.37. The number of halogens is 3. The molecule has 0 aliphatic carbocycles. The monoisotopic (exact) mass is 319 g/mol. The number of nitrogens with one attached hydrogen (secondary N) is 1. The number of hydrogen-bond donors (Lipinski definition) is 1. The molecule has 2 rings (SSSR count). The molecule has 0 aliphatic heterocycles. The molecule has 2 aromatic heterocycles. The van der Waals surface area contributed by atoms with Crippen molar-refractivity contribution in [1.29, 1.82) is 0 Å². The summed E-state index contributed by atoms with van der Waals surface area (Å²) in [6.07, 6.45) is 4.61. The molecule has 2 heterocycles. The molecule has 1 atom stereocenters. The van der Waals surface area contributed by atoms with E-state index in [-0.39, 0.29) is 0 Å². The number of carbonyl (C=O) groups is 1. The minimum atomic E-state index is -1.77. The van der Waals surface area contributed by atoms with E-state index in [4.69, 9.17) is 34.8 Å². The first-order valence-corrected chi connectivity index (χ1v) is 6.23. The Morgan fingerprint density at radius 1 is 1.37 bits per heavy atom. The van der Waals surface area contributed by atoms with Crippen LogP contribution in [0, 0.1) is 0 Å². The first-order chi connectivity index (χ1) is 8.98. The van der Waals surface area contributed by atoms with Crippen LogP contribution in [0.3, 0.4) is 0 Å². The van der Waals surface area contributed by atoms with Crippen LogP contribution in [0.15, 0.2) is 37.2 Å². The van der Waals surface area contributed by atoms with E-state index in [1.807, 2.05) is 0 Å². The van der Waals surface area contributed by atoms with Crippen molar-refractivity contribution in [1.82, 2.24) is 25.1 Å². The van der Waals surface area contributed by atoms with Gasteiger partial charge in [0.25, 0.3) is 5.91 Å². The summed E-state index contributed by atoms with van der Waals surface area (Å²) in [6, 6.07) is 3.23. The number of aromatic nitrogens is 4. The van der Waals surface area contributed by atoms with Gasteiger partial charge in [0.2, 0.25) is 3.79 Å². The van der Waals surface area contributed by atoms with Crippen LogP contribution in [0.5, 0.6) is 0 Å². The van der Waals surface area contributed by atoms with Crippen molar-refractivity contribution < 1.29 is 4.79 Å². The van der Waals surface area contributed by atoms with E-state index in [0.717, 1.165) is 0 Å². The van der Waals surface area contributed by atoms with E-state index >= 15 is 0 Å². The minimum Gasteiger partial charge on any atom is -0.326 e. The van der Waals surface area contributed by atoms with Crippen LogP contribution in [0.1, 0.15) is 16.5 Å². The molecule has 0 spiro atoms. The molecule has 2 aromatic rings. The molecular formula is C10H8Cl3N5O. The van der Waals surface area contributed by atoms with Gasteiger partial charge >= 0.3 is 0 Å². The maximum atomic E-state index is 12.0. The Bertz CT molecular complexity index is 540. The molecule has 0 radical (unpaired) electrons. The van der Waals surface area contributed by atoms with Crippen LogP contribution < -0.4 is 5.32 Å². The number of hydrogen-bond acceptors (Lipinski definition) is 4. The third-order valence-electron chi connectivity index (χ3n) is 2.20. The van der Waals surface area contributed by atoms with Gasteiger partial charge in [-0.3, -0.25) is 9.78 Å². The fourth-order valence-corrected chi connectivity index (χ4v) is 1.82. The van der Waals surface area contributed by atoms with E-state index in [0.29, 0.717) is 5.56 Å². The standard InChI is InChI=1S/C10H8Cl3N5O/c11-10(12,13)9(18-6-15-5-16-18)17-8(19)7-2-1-3-14-4-7/h1-6,9H,(H,17,19). The molecule has 0 saturated heterocycles. The van der Waals surface area contributed by atoms with Gasteiger partial charge in [0.05, 0.1) is 5.56 Å². The van der Waals surface area contributed by atoms with Crippen molar-refractivity contribution in [2.45, 2.75) is 9.96 Å². The van der Waals surface area contributed by atoms with Crippen molar-refractivity contribution in [3.8, 4) is 0 Å². The van der Waals surface area contributed by atoms with Crippen LogP contribution in [0.25, 0.3) is 0 Å². The van der Waals surface area contributed by atoms with Gasteiger partial charge in [-0.25, -0.2) is 9.67 Å². The summed E-state index contributed by atoms with van der Waals surface area (Å²) in [4.78, 5) is 19.6. The van der Waals surface area contributed by atoms with Crippen LogP contribution >= 0.6 is 34.8 Å². The molecule has 19 heavy (non-hydrogen) atoms. The number of carbonyl (C=O) groups excluding carboxylic acids is 1. The second-order valence-corrected chi connectivity index (χ2v) is 5.90. The molecule has 1 amide bonds. The lowest BCUT2D eigenvalue weighted by atomic mass is 10.2. The molecule has 0 aromatic carbocycles. The summed E-state index contributed by atoms with van der Waals surface area (Å²) in [7, 11) is 0. The maximum Gasteiger partial charge on any atom is 0.254 e. The van der Waals surface area contributed by atoms with Crippen molar-refractivity contribution in [3.63, 3.8) is 0 Å². The normalized spacial score (nSPS) is 13.0. The number of amides is 1. The average Bonchev–Trinajstić information content (AvgIpc) is 2.88. The minimum absolute atomic E-state index is 0.349. The maximum absolute atomic E-state index is 12.0. The Morgan fingerprint density at radius 3 is 2.68 bits per heavy atom. The van der Waals surface area contributed by atoms with Crippen molar-refractivity contribution in [3.05, 3.63) is 42.7 Å². The molecule has 0 fully saturated rings. The van der Waals surface area contributed by atoms with Crippen molar-refractivity contribution >= 4 is 40.7 Å². The molecule has 0 aliphatic rings. The second kappa shape index (κ2) is 5.73. The first kappa shape index (κ1) is 14.0. The summed E-state index contributed by atoms with van der Waals surface area (Å²) in [5.41, 5.74) is 0.349. The first-order valence-electron chi connectivity index (χ1n) is 5.10. The summed E-state index contributed by atoms with van der Waals surface area (Å²) in [5.74, 6) is -0.431. The largest absolute Gasteiger partial charge is 0.326 e. The fraction of sp³-hybridized carbons (Fsp3) is 0.200. The highest BCUT2D eigenvalue weighted by atomic mass is 35.6. The summed E-state index contributed by atoms with van der Waals surface area (Å²) in [5, 5.41) is 6.41. The zero-order chi connectivity index (χ0) is 13.9. The third kappa shape index (κ3) is 3.56. The number of alkyl halides is 3. The van der Waals surface area contributed by atoms with Gasteiger partial charge in [-0.05, 0) is 12.1 Å². The van der Waals surface area contributed by atoms with Gasteiger partial charge in [-0.1, -0.05) is 34.8 Å². The highest BCUT2D eigenvalue weighted by Crippen LogP contribution is 2.36. The zero-order valence-corrected chi connectivity index (χ0v) is 11.6. The van der Waals surface area contributed by atoms with E-state index in [9.17, 15) is 4.79 Å². The molecular weight excluding hydrogens is 313 g/mol. The second-order valence-electron chi connectivity index (χ2n) is 3.53. The van der Waals surface area contributed by atoms with E-state index in [1.54, 1.807) is 18.3 Å². The van der Waals surface area contributed by atoms with Crippen molar-refractivity contribution in [2.75, 3.05) is 0 Å². The average molecular weight is 321 g/mol. The molecule has 6 nitrogen and oxygen atoms in total. The van der Waals surface area contributed by atoms with Crippen LogP contribution in [0.2, 0.25) is 0 Å². The summed E-state index contributed by atoms with van der Waals surface area (Å²) >= 11 is 17.5. The smallest absolute Gasteiger partial charge is 0.254 e. The van der Waals surface area contributed by atoms with Gasteiger partial charge in [0, 0.05) is 12.4 Å². The van der Waals surface area contributed by atoms with Gasteiger partial charge in [0.15, 0.2) is 6.17 Å². The highest BCUT2D eigenvalue weighted by molar-refractivity contribution is 6.67. The molecule has 0 saturated carbocycles. The number of pyridine rings is 1. The number of rotatable bonds is 3. The van der Waals surface area contributed by atoms with E-state index < -0.39 is 15.9 Å². The molecule has 1 N–H and O–H groups in total. The fourth-order valence-electron chi connectivity index (χ4n) is 1.35. The Morgan fingerprint density at radius 2 is 2.16 bits per heavy atom. The lowest BCUT2D eigenvalue weighted by Crippen LogP contribution is -2.40. The predicted molar refractivity (Wildman–Crippen MR) is 71.1 cm³/mol. The summed E-state index contributed by atoms with van der Waals surface area (Å²) < 4.78 is -0.521. The Kier molecular flexibility index (Phi) is 4.24. The van der Waals surface area contributed by atoms with Crippen molar-refractivity contribution in [2.24, 2.45) is 0 Å². The van der Waals surface area contributed by atoms with Gasteiger partial charge < -0.3 is 5.32 Å². The summed E-state index contributed by atoms with van der Waals surface area (Å²) in [6.45, 7) is 0. The predicted octanol–water partition coefficient (Wildman–Crippen LogP) is 1.97. The SMILES string of the molecule is O=C(NC(n1cncn1)C(Cl)(Cl)Cl)c1cccnc1. The topological polar surface area (TPSA) is 72.7 Å². The zero-order valence-electron chi connectivity index (χ0n) is 9.37. The van der Waals surface area contributed by atoms with Crippen LogP contribution in [-0.2, 0) is 0 Å². The molecule has 100 valence electrons. The van der Waals surface area contributed by atoms with Gasteiger partial charge in [0.1, 0.15) is 12.7 Å². The Balaban J connectivity index is 2.21. The highest BCUT2D eigenvalue weighted by Gasteiger charge is 2.36. The lowest BCUT2D eigenvalue weighted by molar-refractivity contribution is 0.0916. The van der Waals surface area contributed by atoms with E-state index in [1.165, 1.54) is 23.5 Å². The quantitative estimate of drug-likeness (QED) is 0.878. The van der Waals surface area contributed by atoms with Gasteiger partial charge in [-0.2, -0.15) is 5.10 Å². The van der Waals surface area contributed by atoms with E-state index in [2.05, 4.69) is 20.4 Å². The molecule has 1 unspecified atom stereocenters. The molecule has 9 heteroatoms. The van der Waals surface area contributed by atoms with Crippen LogP contribution in [0.4, 0.5) is 0 Å². The van der Waals surface area contributed by atoms with Crippen LogP contribution in [-0.4, -0.2) is 29.4 Å². The van der Waals surface area contributed by atoms with Gasteiger partial charge in [-0.15, -0.1) is 0 Å². The molecule has 0 bridgehead atoms. The Labute approximate surface area is 123 Å². The lowest BCUT2D eigenvalue weighted by Gasteiger charge is -2.25. The number of nitrogens with zero attached hydrogens (tertiary/aromatic N) is 4.